The molecule has 136 valence electrons. The molecule has 1 aromatic carbocycles. The van der Waals surface area contributed by atoms with E-state index < -0.39 is 10.2 Å². The molecule has 2 fully saturated rings. The molecule has 1 aromatic rings. The van der Waals surface area contributed by atoms with Crippen molar-refractivity contribution in [3.8, 4) is 6.07 Å². The first-order valence-corrected chi connectivity index (χ1v) is 10.1. The number of hydrogen-bond donors (Lipinski definition) is 1. The van der Waals surface area contributed by atoms with Crippen molar-refractivity contribution in [1.82, 2.24) is 8.61 Å². The number of rotatable bonds is 4. The van der Waals surface area contributed by atoms with Crippen molar-refractivity contribution in [1.29, 1.82) is 5.26 Å². The van der Waals surface area contributed by atoms with E-state index in [0.29, 0.717) is 68.5 Å². The Kier molecular flexibility index (Phi) is 5.81. The van der Waals surface area contributed by atoms with Crippen LogP contribution in [0.2, 0.25) is 5.02 Å². The second kappa shape index (κ2) is 7.89. The van der Waals surface area contributed by atoms with Gasteiger partial charge in [-0.1, -0.05) is 11.6 Å². The minimum atomic E-state index is -3.42. The van der Waals surface area contributed by atoms with Gasteiger partial charge in [-0.15, -0.1) is 0 Å². The van der Waals surface area contributed by atoms with Crippen molar-refractivity contribution < 1.29 is 13.2 Å². The van der Waals surface area contributed by atoms with Crippen molar-refractivity contribution in [3.63, 3.8) is 0 Å². The molecule has 9 heteroatoms. The van der Waals surface area contributed by atoms with Crippen LogP contribution in [0.15, 0.2) is 18.2 Å². The maximum Gasteiger partial charge on any atom is 0.282 e. The average molecular weight is 385 g/mol. The van der Waals surface area contributed by atoms with E-state index in [-0.39, 0.29) is 6.04 Å². The van der Waals surface area contributed by atoms with Crippen LogP contribution in [-0.4, -0.2) is 62.5 Å². The SMILES string of the molecule is N#Cc1ccc(Cl)cc1NC1CCN(S(=O)(=O)N2CCOCC2)CC1. The molecule has 0 radical (unpaired) electrons. The number of nitrogens with zero attached hydrogens (tertiary/aromatic N) is 3. The number of benzene rings is 1. The number of hydrogen-bond acceptors (Lipinski definition) is 5. The number of nitriles is 1. The molecule has 25 heavy (non-hydrogen) atoms. The van der Waals surface area contributed by atoms with Gasteiger partial charge in [0.25, 0.3) is 10.2 Å². The number of ether oxygens (including phenoxy) is 1. The lowest BCUT2D eigenvalue weighted by Gasteiger charge is -2.36. The van der Waals surface area contributed by atoms with Crippen LogP contribution >= 0.6 is 11.6 Å². The lowest BCUT2D eigenvalue weighted by Crippen LogP contribution is -2.51. The Balaban J connectivity index is 1.61. The fraction of sp³-hybridized carbons (Fsp3) is 0.562. The lowest BCUT2D eigenvalue weighted by molar-refractivity contribution is 0.0697. The Morgan fingerprint density at radius 2 is 1.80 bits per heavy atom. The molecule has 0 unspecified atom stereocenters. The highest BCUT2D eigenvalue weighted by molar-refractivity contribution is 7.86. The molecule has 2 aliphatic rings. The molecular weight excluding hydrogens is 364 g/mol. The van der Waals surface area contributed by atoms with E-state index in [1.54, 1.807) is 22.5 Å². The fourth-order valence-corrected chi connectivity index (χ4v) is 4.91. The zero-order chi connectivity index (χ0) is 17.9. The molecule has 0 bridgehead atoms. The van der Waals surface area contributed by atoms with E-state index >= 15 is 0 Å². The molecule has 3 rings (SSSR count). The monoisotopic (exact) mass is 384 g/mol. The Morgan fingerprint density at radius 3 is 2.44 bits per heavy atom. The van der Waals surface area contributed by atoms with Gasteiger partial charge in [-0.25, -0.2) is 0 Å². The van der Waals surface area contributed by atoms with Crippen LogP contribution < -0.4 is 5.32 Å². The third-order valence-electron chi connectivity index (χ3n) is 4.54. The first-order valence-electron chi connectivity index (χ1n) is 8.30. The summed E-state index contributed by atoms with van der Waals surface area (Å²) in [4.78, 5) is 0. The van der Waals surface area contributed by atoms with Gasteiger partial charge in [0.05, 0.1) is 24.5 Å². The molecule has 0 amide bonds. The van der Waals surface area contributed by atoms with Crippen LogP contribution in [0.4, 0.5) is 5.69 Å². The molecule has 7 nitrogen and oxygen atoms in total. The predicted octanol–water partition coefficient (Wildman–Crippen LogP) is 1.66. The van der Waals surface area contributed by atoms with Crippen molar-refractivity contribution in [3.05, 3.63) is 28.8 Å². The summed E-state index contributed by atoms with van der Waals surface area (Å²) >= 11 is 6.01. The molecule has 2 saturated heterocycles. The minimum Gasteiger partial charge on any atom is -0.381 e. The van der Waals surface area contributed by atoms with E-state index in [4.69, 9.17) is 16.3 Å². The molecule has 2 heterocycles. The summed E-state index contributed by atoms with van der Waals surface area (Å²) in [6.07, 6.45) is 1.36. The van der Waals surface area contributed by atoms with Crippen molar-refractivity contribution in [2.24, 2.45) is 0 Å². The van der Waals surface area contributed by atoms with E-state index in [1.165, 1.54) is 4.31 Å². The van der Waals surface area contributed by atoms with Gasteiger partial charge in [-0.3, -0.25) is 0 Å². The van der Waals surface area contributed by atoms with E-state index in [9.17, 15) is 13.7 Å². The van der Waals surface area contributed by atoms with Crippen molar-refractivity contribution in [2.75, 3.05) is 44.7 Å². The smallest absolute Gasteiger partial charge is 0.282 e. The second-order valence-electron chi connectivity index (χ2n) is 6.14. The van der Waals surface area contributed by atoms with E-state index in [2.05, 4.69) is 11.4 Å². The second-order valence-corrected chi connectivity index (χ2v) is 8.50. The number of halogens is 1. The molecule has 0 aliphatic carbocycles. The highest BCUT2D eigenvalue weighted by Gasteiger charge is 2.33. The largest absolute Gasteiger partial charge is 0.381 e. The van der Waals surface area contributed by atoms with Crippen LogP contribution in [0, 0.1) is 11.3 Å². The topological polar surface area (TPSA) is 85.7 Å². The van der Waals surface area contributed by atoms with Gasteiger partial charge in [0.15, 0.2) is 0 Å². The fourth-order valence-electron chi connectivity index (χ4n) is 3.12. The van der Waals surface area contributed by atoms with Gasteiger partial charge in [0.1, 0.15) is 6.07 Å². The molecule has 0 spiro atoms. The molecule has 2 aliphatic heterocycles. The van der Waals surface area contributed by atoms with Gasteiger partial charge >= 0.3 is 0 Å². The molecule has 0 saturated carbocycles. The van der Waals surface area contributed by atoms with Crippen LogP contribution in [0.1, 0.15) is 18.4 Å². The lowest BCUT2D eigenvalue weighted by atomic mass is 10.1. The Morgan fingerprint density at radius 1 is 1.16 bits per heavy atom. The Hall–Kier alpha value is -1.37. The van der Waals surface area contributed by atoms with Gasteiger partial charge in [-0.2, -0.15) is 22.3 Å². The third-order valence-corrected chi connectivity index (χ3v) is 6.81. The van der Waals surface area contributed by atoms with Crippen molar-refractivity contribution in [2.45, 2.75) is 18.9 Å². The summed E-state index contributed by atoms with van der Waals surface area (Å²) in [6.45, 7) is 2.63. The van der Waals surface area contributed by atoms with Crippen molar-refractivity contribution >= 4 is 27.5 Å². The molecule has 1 N–H and O–H groups in total. The zero-order valence-electron chi connectivity index (χ0n) is 13.8. The quantitative estimate of drug-likeness (QED) is 0.853. The summed E-state index contributed by atoms with van der Waals surface area (Å²) < 4.78 is 33.6. The Bertz CT molecular complexity index is 751. The minimum absolute atomic E-state index is 0.113. The van der Waals surface area contributed by atoms with Gasteiger partial charge in [-0.05, 0) is 31.0 Å². The number of anilines is 1. The summed E-state index contributed by atoms with van der Waals surface area (Å²) in [5.74, 6) is 0. The zero-order valence-corrected chi connectivity index (χ0v) is 15.4. The highest BCUT2D eigenvalue weighted by atomic mass is 35.5. The first-order chi connectivity index (χ1) is 12.0. The molecular formula is C16H21ClN4O3S. The Labute approximate surface area is 153 Å². The standard InChI is InChI=1S/C16H21ClN4O3S/c17-14-2-1-13(12-18)16(11-14)19-15-3-5-20(6-4-15)25(22,23)21-7-9-24-10-8-21/h1-2,11,15,19H,3-10H2. The van der Waals surface area contributed by atoms with E-state index in [0.717, 1.165) is 0 Å². The van der Waals surface area contributed by atoms with Gasteiger partial charge < -0.3 is 10.1 Å². The van der Waals surface area contributed by atoms with Crippen LogP contribution in [0.3, 0.4) is 0 Å². The molecule has 0 atom stereocenters. The summed E-state index contributed by atoms with van der Waals surface area (Å²) in [5, 5.41) is 13.1. The van der Waals surface area contributed by atoms with Gasteiger partial charge in [0.2, 0.25) is 0 Å². The number of morpholine rings is 1. The maximum absolute atomic E-state index is 12.7. The summed E-state index contributed by atoms with van der Waals surface area (Å²) in [6, 6.07) is 7.35. The first kappa shape index (κ1) is 18.4. The molecule has 0 aromatic heterocycles. The van der Waals surface area contributed by atoms with Crippen LogP contribution in [0.25, 0.3) is 0 Å². The number of nitrogens with one attached hydrogen (secondary N) is 1. The summed E-state index contributed by atoms with van der Waals surface area (Å²) in [7, 11) is -3.42. The van der Waals surface area contributed by atoms with Crippen LogP contribution in [0.5, 0.6) is 0 Å². The van der Waals surface area contributed by atoms with E-state index in [1.807, 2.05) is 0 Å². The number of piperidine rings is 1. The summed E-state index contributed by atoms with van der Waals surface area (Å²) in [5.41, 5.74) is 1.23. The maximum atomic E-state index is 12.7. The van der Waals surface area contributed by atoms with Crippen LogP contribution in [-0.2, 0) is 14.9 Å². The normalized spacial score (nSPS) is 21.0. The average Bonchev–Trinajstić information content (AvgIpc) is 2.63. The highest BCUT2D eigenvalue weighted by Crippen LogP contribution is 2.25. The third kappa shape index (κ3) is 4.25. The predicted molar refractivity (Wildman–Crippen MR) is 95.7 cm³/mol. The van der Waals surface area contributed by atoms with Gasteiger partial charge in [0, 0.05) is 37.2 Å².